The third-order valence-corrected chi connectivity index (χ3v) is 3.20. The number of hydrogen-bond acceptors (Lipinski definition) is 4. The van der Waals surface area contributed by atoms with Gasteiger partial charge in [-0.15, -0.1) is 0 Å². The van der Waals surface area contributed by atoms with E-state index in [1.165, 1.54) is 12.5 Å². The molecule has 0 aliphatic heterocycles. The lowest BCUT2D eigenvalue weighted by Gasteiger charge is -2.18. The molecule has 0 bridgehead atoms. The van der Waals surface area contributed by atoms with Gasteiger partial charge in [-0.25, -0.2) is 4.79 Å². The quantitative estimate of drug-likeness (QED) is 0.686. The molecule has 18 heavy (non-hydrogen) atoms. The van der Waals surface area contributed by atoms with Crippen LogP contribution < -0.4 is 10.6 Å². The second-order valence-electron chi connectivity index (χ2n) is 4.24. The van der Waals surface area contributed by atoms with Crippen LogP contribution in [0.2, 0.25) is 0 Å². The predicted molar refractivity (Wildman–Crippen MR) is 70.7 cm³/mol. The minimum Gasteiger partial charge on any atom is -0.480 e. The number of carbonyl (C=O) groups excluding carboxylic acids is 1. The lowest BCUT2D eigenvalue weighted by atomic mass is 10.1. The van der Waals surface area contributed by atoms with Gasteiger partial charge in [0, 0.05) is 19.5 Å². The van der Waals surface area contributed by atoms with Gasteiger partial charge < -0.3 is 15.7 Å². The summed E-state index contributed by atoms with van der Waals surface area (Å²) in [6.07, 6.45) is 0.843. The van der Waals surface area contributed by atoms with Crippen molar-refractivity contribution < 1.29 is 14.7 Å². The van der Waals surface area contributed by atoms with E-state index in [2.05, 4.69) is 16.0 Å². The molecular formula is C12H18N2O3S. The maximum Gasteiger partial charge on any atom is 0.327 e. The average Bonchev–Trinajstić information content (AvgIpc) is 2.76. The Hall–Kier alpha value is -1.40. The molecule has 1 amide bonds. The van der Waals surface area contributed by atoms with Gasteiger partial charge in [-0.1, -0.05) is 0 Å². The Balaban J connectivity index is 2.37. The molecule has 1 heterocycles. The fourth-order valence-corrected chi connectivity index (χ4v) is 2.28. The van der Waals surface area contributed by atoms with E-state index < -0.39 is 12.0 Å². The predicted octanol–water partition coefficient (Wildman–Crippen LogP) is 0.858. The highest BCUT2D eigenvalue weighted by Gasteiger charge is 2.18. The van der Waals surface area contributed by atoms with Crippen molar-refractivity contribution >= 4 is 23.2 Å². The summed E-state index contributed by atoms with van der Waals surface area (Å²) in [6, 6.07) is 1.33. The highest BCUT2D eigenvalue weighted by molar-refractivity contribution is 7.07. The first-order valence-corrected chi connectivity index (χ1v) is 6.67. The fourth-order valence-electron chi connectivity index (χ4n) is 1.60. The van der Waals surface area contributed by atoms with Gasteiger partial charge in [0.15, 0.2) is 0 Å². The molecule has 6 heteroatoms. The molecule has 1 aromatic heterocycles. The minimum absolute atomic E-state index is 0.162. The topological polar surface area (TPSA) is 78.4 Å². The summed E-state index contributed by atoms with van der Waals surface area (Å²) < 4.78 is 0. The molecule has 1 aromatic rings. The first-order valence-electron chi connectivity index (χ1n) is 5.73. The zero-order valence-electron chi connectivity index (χ0n) is 10.5. The molecule has 0 spiro atoms. The summed E-state index contributed by atoms with van der Waals surface area (Å²) in [5, 5.41) is 18.5. The lowest BCUT2D eigenvalue weighted by Crippen LogP contribution is -2.48. The van der Waals surface area contributed by atoms with E-state index >= 15 is 0 Å². The van der Waals surface area contributed by atoms with Crippen LogP contribution in [-0.2, 0) is 16.0 Å². The summed E-state index contributed by atoms with van der Waals surface area (Å²) >= 11 is 1.64. The van der Waals surface area contributed by atoms with Crippen LogP contribution in [0.5, 0.6) is 0 Å². The first kappa shape index (κ1) is 14.7. The van der Waals surface area contributed by atoms with E-state index in [-0.39, 0.29) is 18.5 Å². The van der Waals surface area contributed by atoms with Crippen molar-refractivity contribution in [2.75, 3.05) is 6.54 Å². The number of rotatable bonds is 7. The van der Waals surface area contributed by atoms with Crippen molar-refractivity contribution in [1.29, 1.82) is 0 Å². The summed E-state index contributed by atoms with van der Waals surface area (Å²) in [7, 11) is 0. The highest BCUT2D eigenvalue weighted by Crippen LogP contribution is 2.08. The van der Waals surface area contributed by atoms with Gasteiger partial charge >= 0.3 is 5.97 Å². The number of aliphatic carboxylic acids is 1. The Labute approximate surface area is 110 Å². The molecule has 2 unspecified atom stereocenters. The maximum absolute atomic E-state index is 10.9. The van der Waals surface area contributed by atoms with Crippen LogP contribution in [0.25, 0.3) is 0 Å². The van der Waals surface area contributed by atoms with Gasteiger partial charge in [0.25, 0.3) is 0 Å². The van der Waals surface area contributed by atoms with Gasteiger partial charge in [-0.2, -0.15) is 11.3 Å². The van der Waals surface area contributed by atoms with Crippen LogP contribution in [0.1, 0.15) is 19.4 Å². The summed E-state index contributed by atoms with van der Waals surface area (Å²) in [5.74, 6) is -1.37. The van der Waals surface area contributed by atoms with Gasteiger partial charge in [0.05, 0.1) is 0 Å². The molecule has 0 aromatic carbocycles. The molecule has 100 valence electrons. The third-order valence-electron chi connectivity index (χ3n) is 2.47. The van der Waals surface area contributed by atoms with Crippen LogP contribution in [0, 0.1) is 0 Å². The first-order chi connectivity index (χ1) is 8.49. The van der Waals surface area contributed by atoms with E-state index in [9.17, 15) is 9.59 Å². The Bertz CT molecular complexity index is 392. The number of thiophene rings is 1. The Morgan fingerprint density at radius 1 is 1.50 bits per heavy atom. The lowest BCUT2D eigenvalue weighted by molar-refractivity contribution is -0.141. The zero-order valence-corrected chi connectivity index (χ0v) is 11.3. The highest BCUT2D eigenvalue weighted by atomic mass is 32.1. The van der Waals surface area contributed by atoms with Crippen molar-refractivity contribution in [3.8, 4) is 0 Å². The second kappa shape index (κ2) is 7.13. The Morgan fingerprint density at radius 3 is 2.72 bits per heavy atom. The standard InChI is InChI=1S/C12H18N2O3S/c1-8(5-10-3-4-18-7-10)13-6-11(12(16)17)14-9(2)15/h3-4,7-8,11,13H,5-6H2,1-2H3,(H,14,15)(H,16,17). The molecule has 0 aliphatic carbocycles. The number of amides is 1. The molecule has 0 radical (unpaired) electrons. The van der Waals surface area contributed by atoms with Gasteiger partial charge in [-0.05, 0) is 35.7 Å². The second-order valence-corrected chi connectivity index (χ2v) is 5.02. The van der Waals surface area contributed by atoms with Crippen LogP contribution in [0.3, 0.4) is 0 Å². The van der Waals surface area contributed by atoms with Crippen LogP contribution in [0.4, 0.5) is 0 Å². The minimum atomic E-state index is -1.03. The van der Waals surface area contributed by atoms with E-state index in [1.54, 1.807) is 11.3 Å². The molecule has 3 N–H and O–H groups in total. The van der Waals surface area contributed by atoms with E-state index in [1.807, 2.05) is 18.4 Å². The summed E-state index contributed by atoms with van der Waals surface area (Å²) in [5.41, 5.74) is 1.23. The molecule has 1 rings (SSSR count). The molecule has 0 aliphatic rings. The van der Waals surface area contributed by atoms with Crippen molar-refractivity contribution in [1.82, 2.24) is 10.6 Å². The van der Waals surface area contributed by atoms with Crippen LogP contribution in [-0.4, -0.2) is 35.6 Å². The maximum atomic E-state index is 10.9. The monoisotopic (exact) mass is 270 g/mol. The van der Waals surface area contributed by atoms with Crippen LogP contribution in [0.15, 0.2) is 16.8 Å². The van der Waals surface area contributed by atoms with E-state index in [0.717, 1.165) is 6.42 Å². The number of hydrogen-bond donors (Lipinski definition) is 3. The number of carboxylic acid groups (broad SMARTS) is 1. The third kappa shape index (κ3) is 5.29. The molecule has 5 nitrogen and oxygen atoms in total. The van der Waals surface area contributed by atoms with Crippen molar-refractivity contribution in [3.63, 3.8) is 0 Å². The number of carboxylic acids is 1. The molecular weight excluding hydrogens is 252 g/mol. The average molecular weight is 270 g/mol. The van der Waals surface area contributed by atoms with E-state index in [0.29, 0.717) is 0 Å². The molecule has 0 saturated carbocycles. The summed E-state index contributed by atoms with van der Waals surface area (Å²) in [6.45, 7) is 3.52. The zero-order chi connectivity index (χ0) is 13.5. The Morgan fingerprint density at radius 2 is 2.22 bits per heavy atom. The molecule has 0 saturated heterocycles. The van der Waals surface area contributed by atoms with Crippen molar-refractivity contribution in [2.45, 2.75) is 32.4 Å². The SMILES string of the molecule is CC(=O)NC(CNC(C)Cc1ccsc1)C(=O)O. The van der Waals surface area contributed by atoms with Crippen molar-refractivity contribution in [3.05, 3.63) is 22.4 Å². The summed E-state index contributed by atoms with van der Waals surface area (Å²) in [4.78, 5) is 21.8. The van der Waals surface area contributed by atoms with Gasteiger partial charge in [0.2, 0.25) is 5.91 Å². The molecule has 2 atom stereocenters. The van der Waals surface area contributed by atoms with Gasteiger partial charge in [0.1, 0.15) is 6.04 Å². The van der Waals surface area contributed by atoms with Crippen LogP contribution >= 0.6 is 11.3 Å². The largest absolute Gasteiger partial charge is 0.480 e. The number of nitrogens with one attached hydrogen (secondary N) is 2. The Kier molecular flexibility index (Phi) is 5.80. The fraction of sp³-hybridized carbons (Fsp3) is 0.500. The van der Waals surface area contributed by atoms with Crippen molar-refractivity contribution in [2.24, 2.45) is 0 Å². The smallest absolute Gasteiger partial charge is 0.327 e. The molecule has 0 fully saturated rings. The van der Waals surface area contributed by atoms with E-state index in [4.69, 9.17) is 5.11 Å². The normalized spacial score (nSPS) is 13.9. The number of carbonyl (C=O) groups is 2. The van der Waals surface area contributed by atoms with Gasteiger partial charge in [-0.3, -0.25) is 4.79 Å².